The van der Waals surface area contributed by atoms with Crippen molar-refractivity contribution in [1.29, 1.82) is 0 Å². The SMILES string of the molecule is CC(C)[C@H](N)C(=O)NCC(=O)N(CCc1ccccn1)Cc1ccc(F)cc1. The number of hydrogen-bond donors (Lipinski definition) is 2. The molecule has 0 radical (unpaired) electrons. The molecular weight excluding hydrogens is 359 g/mol. The Morgan fingerprint density at radius 2 is 1.89 bits per heavy atom. The van der Waals surface area contributed by atoms with Gasteiger partial charge in [0, 0.05) is 31.4 Å². The van der Waals surface area contributed by atoms with Crippen LogP contribution in [0.1, 0.15) is 25.1 Å². The smallest absolute Gasteiger partial charge is 0.242 e. The maximum Gasteiger partial charge on any atom is 0.242 e. The fourth-order valence-corrected chi connectivity index (χ4v) is 2.59. The van der Waals surface area contributed by atoms with E-state index in [0.29, 0.717) is 19.5 Å². The molecule has 7 heteroatoms. The van der Waals surface area contributed by atoms with Crippen molar-refractivity contribution in [2.45, 2.75) is 32.9 Å². The third-order valence-corrected chi connectivity index (χ3v) is 4.44. The van der Waals surface area contributed by atoms with Crippen molar-refractivity contribution in [2.24, 2.45) is 11.7 Å². The second-order valence-corrected chi connectivity index (χ2v) is 7.00. The molecule has 3 N–H and O–H groups in total. The van der Waals surface area contributed by atoms with Gasteiger partial charge in [-0.2, -0.15) is 0 Å². The predicted octanol–water partition coefficient (Wildman–Crippen LogP) is 1.89. The van der Waals surface area contributed by atoms with Crippen LogP contribution in [0.3, 0.4) is 0 Å². The van der Waals surface area contributed by atoms with E-state index in [-0.39, 0.29) is 30.1 Å². The average molecular weight is 386 g/mol. The molecule has 0 fully saturated rings. The van der Waals surface area contributed by atoms with Crippen LogP contribution in [0.15, 0.2) is 48.7 Å². The van der Waals surface area contributed by atoms with Crippen molar-refractivity contribution in [3.63, 3.8) is 0 Å². The number of carbonyl (C=O) groups excluding carboxylic acids is 2. The lowest BCUT2D eigenvalue weighted by Crippen LogP contribution is -2.48. The number of amides is 2. The van der Waals surface area contributed by atoms with Gasteiger partial charge in [-0.25, -0.2) is 4.39 Å². The number of hydrogen-bond acceptors (Lipinski definition) is 4. The summed E-state index contributed by atoms with van der Waals surface area (Å²) in [6.45, 7) is 4.31. The largest absolute Gasteiger partial charge is 0.346 e. The van der Waals surface area contributed by atoms with Crippen LogP contribution in [-0.4, -0.2) is 40.8 Å². The Kier molecular flexibility index (Phi) is 8.07. The molecule has 1 atom stereocenters. The Bertz CT molecular complexity index is 766. The number of nitrogens with one attached hydrogen (secondary N) is 1. The van der Waals surface area contributed by atoms with Crippen LogP contribution in [0.5, 0.6) is 0 Å². The zero-order valence-electron chi connectivity index (χ0n) is 16.3. The van der Waals surface area contributed by atoms with Gasteiger partial charge in [-0.05, 0) is 35.7 Å². The van der Waals surface area contributed by atoms with Crippen LogP contribution in [-0.2, 0) is 22.6 Å². The summed E-state index contributed by atoms with van der Waals surface area (Å²) in [6.07, 6.45) is 2.28. The molecule has 0 aliphatic carbocycles. The molecule has 0 aliphatic rings. The third kappa shape index (κ3) is 6.74. The maximum atomic E-state index is 13.2. The predicted molar refractivity (Wildman–Crippen MR) is 106 cm³/mol. The number of rotatable bonds is 9. The van der Waals surface area contributed by atoms with E-state index in [1.165, 1.54) is 12.1 Å². The number of halogens is 1. The van der Waals surface area contributed by atoms with Crippen molar-refractivity contribution < 1.29 is 14.0 Å². The van der Waals surface area contributed by atoms with Crippen LogP contribution in [0, 0.1) is 11.7 Å². The van der Waals surface area contributed by atoms with Crippen LogP contribution >= 0.6 is 0 Å². The first-order valence-corrected chi connectivity index (χ1v) is 9.32. The van der Waals surface area contributed by atoms with Crippen molar-refractivity contribution in [1.82, 2.24) is 15.2 Å². The Hall–Kier alpha value is -2.80. The van der Waals surface area contributed by atoms with Gasteiger partial charge in [0.1, 0.15) is 5.82 Å². The Morgan fingerprint density at radius 3 is 2.50 bits per heavy atom. The third-order valence-electron chi connectivity index (χ3n) is 4.44. The van der Waals surface area contributed by atoms with E-state index in [2.05, 4.69) is 10.3 Å². The lowest BCUT2D eigenvalue weighted by molar-refractivity contribution is -0.133. The summed E-state index contributed by atoms with van der Waals surface area (Å²) in [7, 11) is 0. The zero-order chi connectivity index (χ0) is 20.5. The fraction of sp³-hybridized carbons (Fsp3) is 0.381. The highest BCUT2D eigenvalue weighted by Gasteiger charge is 2.20. The van der Waals surface area contributed by atoms with E-state index in [4.69, 9.17) is 5.73 Å². The van der Waals surface area contributed by atoms with Crippen molar-refractivity contribution in [3.05, 3.63) is 65.7 Å². The van der Waals surface area contributed by atoms with Crippen LogP contribution < -0.4 is 11.1 Å². The normalized spacial score (nSPS) is 11.9. The summed E-state index contributed by atoms with van der Waals surface area (Å²) in [6, 6.07) is 11.0. The molecule has 0 saturated carbocycles. The number of carbonyl (C=O) groups is 2. The first-order valence-electron chi connectivity index (χ1n) is 9.32. The van der Waals surface area contributed by atoms with E-state index in [1.807, 2.05) is 32.0 Å². The molecule has 1 heterocycles. The Balaban J connectivity index is 2.02. The molecule has 6 nitrogen and oxygen atoms in total. The minimum Gasteiger partial charge on any atom is -0.346 e. The average Bonchev–Trinajstić information content (AvgIpc) is 2.70. The molecule has 0 unspecified atom stereocenters. The second kappa shape index (κ2) is 10.5. The van der Waals surface area contributed by atoms with Crippen LogP contribution in [0.4, 0.5) is 4.39 Å². The van der Waals surface area contributed by atoms with Gasteiger partial charge in [0.25, 0.3) is 0 Å². The molecule has 0 saturated heterocycles. The van der Waals surface area contributed by atoms with Gasteiger partial charge in [-0.3, -0.25) is 14.6 Å². The highest BCUT2D eigenvalue weighted by atomic mass is 19.1. The lowest BCUT2D eigenvalue weighted by Gasteiger charge is -2.24. The van der Waals surface area contributed by atoms with E-state index < -0.39 is 6.04 Å². The molecule has 28 heavy (non-hydrogen) atoms. The molecule has 150 valence electrons. The molecule has 1 aromatic heterocycles. The molecule has 2 aromatic rings. The first-order chi connectivity index (χ1) is 13.4. The summed E-state index contributed by atoms with van der Waals surface area (Å²) < 4.78 is 13.2. The Morgan fingerprint density at radius 1 is 1.18 bits per heavy atom. The van der Waals surface area contributed by atoms with Gasteiger partial charge in [0.2, 0.25) is 11.8 Å². The number of aromatic nitrogens is 1. The van der Waals surface area contributed by atoms with Crippen LogP contribution in [0.25, 0.3) is 0 Å². The van der Waals surface area contributed by atoms with Crippen molar-refractivity contribution >= 4 is 11.8 Å². The fourth-order valence-electron chi connectivity index (χ4n) is 2.59. The minimum atomic E-state index is -0.660. The van der Waals surface area contributed by atoms with Gasteiger partial charge in [0.15, 0.2) is 0 Å². The monoisotopic (exact) mass is 386 g/mol. The van der Waals surface area contributed by atoms with E-state index in [1.54, 1.807) is 23.2 Å². The first kappa shape index (κ1) is 21.5. The lowest BCUT2D eigenvalue weighted by atomic mass is 10.1. The van der Waals surface area contributed by atoms with Gasteiger partial charge >= 0.3 is 0 Å². The van der Waals surface area contributed by atoms with E-state index in [0.717, 1.165) is 11.3 Å². The quantitative estimate of drug-likeness (QED) is 0.689. The van der Waals surface area contributed by atoms with Gasteiger partial charge in [-0.15, -0.1) is 0 Å². The molecule has 0 spiro atoms. The summed E-state index contributed by atoms with van der Waals surface area (Å²) in [5.41, 5.74) is 7.49. The topological polar surface area (TPSA) is 88.3 Å². The highest BCUT2D eigenvalue weighted by molar-refractivity contribution is 5.87. The van der Waals surface area contributed by atoms with Crippen molar-refractivity contribution in [3.8, 4) is 0 Å². The van der Waals surface area contributed by atoms with Gasteiger partial charge in [-0.1, -0.05) is 32.0 Å². The summed E-state index contributed by atoms with van der Waals surface area (Å²) in [4.78, 5) is 30.6. The van der Waals surface area contributed by atoms with Crippen LogP contribution in [0.2, 0.25) is 0 Å². The van der Waals surface area contributed by atoms with E-state index >= 15 is 0 Å². The summed E-state index contributed by atoms with van der Waals surface area (Å²) in [5.74, 6) is -0.931. The molecule has 2 amide bonds. The minimum absolute atomic E-state index is 0.0189. The molecular formula is C21H27FN4O2. The number of nitrogens with two attached hydrogens (primary N) is 1. The molecule has 0 aliphatic heterocycles. The molecule has 0 bridgehead atoms. The Labute approximate surface area is 164 Å². The van der Waals surface area contributed by atoms with Gasteiger partial charge in [0.05, 0.1) is 12.6 Å². The number of nitrogens with zero attached hydrogens (tertiary/aromatic N) is 2. The molecule has 1 aromatic carbocycles. The van der Waals surface area contributed by atoms with Crippen molar-refractivity contribution in [2.75, 3.05) is 13.1 Å². The van der Waals surface area contributed by atoms with Gasteiger partial charge < -0.3 is 16.0 Å². The standard InChI is InChI=1S/C21H27FN4O2/c1-15(2)20(23)21(28)25-13-19(27)26(12-10-18-5-3-4-11-24-18)14-16-6-8-17(22)9-7-16/h3-9,11,15,20H,10,12-14,23H2,1-2H3,(H,25,28)/t20-/m0/s1. The summed E-state index contributed by atoms with van der Waals surface area (Å²) in [5, 5.41) is 2.61. The number of pyridine rings is 1. The second-order valence-electron chi connectivity index (χ2n) is 7.00. The summed E-state index contributed by atoms with van der Waals surface area (Å²) >= 11 is 0. The molecule has 2 rings (SSSR count). The zero-order valence-corrected chi connectivity index (χ0v) is 16.3. The number of benzene rings is 1. The van der Waals surface area contributed by atoms with E-state index in [9.17, 15) is 14.0 Å². The highest BCUT2D eigenvalue weighted by Crippen LogP contribution is 2.08. The maximum absolute atomic E-state index is 13.2.